The average Bonchev–Trinajstić information content (AvgIpc) is 3.01. The zero-order chi connectivity index (χ0) is 18.8. The maximum Gasteiger partial charge on any atom is 0.335 e. The van der Waals surface area contributed by atoms with Crippen LogP contribution in [0, 0.1) is 0 Å². The third kappa shape index (κ3) is 2.86. The lowest BCUT2D eigenvalue weighted by Gasteiger charge is -2.02. The van der Waals surface area contributed by atoms with Crippen LogP contribution in [0.4, 0.5) is 0 Å². The highest BCUT2D eigenvalue weighted by Crippen LogP contribution is 2.19. The van der Waals surface area contributed by atoms with Gasteiger partial charge in [-0.3, -0.25) is 9.89 Å². The normalized spacial score (nSPS) is 10.6. The van der Waals surface area contributed by atoms with E-state index in [9.17, 15) is 9.59 Å². The molecule has 1 unspecified atom stereocenters. The zero-order valence-electron chi connectivity index (χ0n) is 14.2. The summed E-state index contributed by atoms with van der Waals surface area (Å²) in [5.41, 5.74) is 1.87. The number of nitrogens with one attached hydrogen (secondary N) is 1. The summed E-state index contributed by atoms with van der Waals surface area (Å²) in [6.07, 6.45) is 0. The Kier molecular flexibility index (Phi) is 4.82. The molecular weight excluding hydrogens is 351 g/mol. The van der Waals surface area contributed by atoms with Gasteiger partial charge in [-0.05, 0) is 29.6 Å². The number of benzene rings is 2. The SMILES string of the molecule is CC.O=C(O)c1ccc(-n2[nH]c3c(nnc4c(P)cccc43)c2=O)cc1. The van der Waals surface area contributed by atoms with E-state index < -0.39 is 5.97 Å². The van der Waals surface area contributed by atoms with Crippen molar-refractivity contribution in [2.24, 2.45) is 0 Å². The minimum atomic E-state index is -1.02. The molecule has 2 heterocycles. The first kappa shape index (κ1) is 17.8. The van der Waals surface area contributed by atoms with Gasteiger partial charge in [0, 0.05) is 5.39 Å². The van der Waals surface area contributed by atoms with Crippen LogP contribution in [0.5, 0.6) is 0 Å². The summed E-state index contributed by atoms with van der Waals surface area (Å²) in [4.78, 5) is 23.5. The van der Waals surface area contributed by atoms with Gasteiger partial charge < -0.3 is 5.11 Å². The van der Waals surface area contributed by atoms with E-state index in [0.29, 0.717) is 16.7 Å². The van der Waals surface area contributed by atoms with Crippen molar-refractivity contribution in [1.82, 2.24) is 20.0 Å². The van der Waals surface area contributed by atoms with Gasteiger partial charge in [0.25, 0.3) is 5.56 Å². The summed E-state index contributed by atoms with van der Waals surface area (Å²) in [5, 5.41) is 21.9. The number of aromatic carboxylic acids is 1. The molecule has 0 aliphatic heterocycles. The molecule has 4 aromatic rings. The molecule has 1 atom stereocenters. The summed E-state index contributed by atoms with van der Waals surface area (Å²) in [5.74, 6) is -1.02. The summed E-state index contributed by atoms with van der Waals surface area (Å²) >= 11 is 0. The molecule has 0 aliphatic carbocycles. The third-order valence-corrected chi connectivity index (χ3v) is 4.29. The van der Waals surface area contributed by atoms with Crippen molar-refractivity contribution in [3.8, 4) is 5.69 Å². The third-order valence-electron chi connectivity index (χ3n) is 3.83. The van der Waals surface area contributed by atoms with Crippen molar-refractivity contribution in [3.63, 3.8) is 0 Å². The van der Waals surface area contributed by atoms with E-state index in [1.54, 1.807) is 12.1 Å². The van der Waals surface area contributed by atoms with Gasteiger partial charge in [0.15, 0.2) is 5.52 Å². The van der Waals surface area contributed by atoms with Crippen molar-refractivity contribution in [3.05, 3.63) is 58.4 Å². The number of rotatable bonds is 2. The molecule has 4 rings (SSSR count). The van der Waals surface area contributed by atoms with E-state index in [0.717, 1.165) is 10.7 Å². The highest BCUT2D eigenvalue weighted by Gasteiger charge is 2.14. The first-order valence-electron chi connectivity index (χ1n) is 8.05. The number of fused-ring (bicyclic) bond motifs is 3. The number of carboxylic acids is 1. The summed E-state index contributed by atoms with van der Waals surface area (Å²) in [7, 11) is 2.59. The van der Waals surface area contributed by atoms with Crippen LogP contribution in [0.25, 0.3) is 27.6 Å². The predicted molar refractivity (Wildman–Crippen MR) is 105 cm³/mol. The fourth-order valence-electron chi connectivity index (χ4n) is 2.62. The van der Waals surface area contributed by atoms with E-state index in [1.165, 1.54) is 16.8 Å². The molecule has 8 heteroatoms. The largest absolute Gasteiger partial charge is 0.478 e. The van der Waals surface area contributed by atoms with Crippen molar-refractivity contribution >= 4 is 42.4 Å². The molecule has 0 fully saturated rings. The Labute approximate surface area is 150 Å². The maximum absolute atomic E-state index is 12.6. The molecular formula is C18H17N4O3P. The molecule has 0 amide bonds. The van der Waals surface area contributed by atoms with E-state index in [2.05, 4.69) is 24.5 Å². The Bertz CT molecular complexity index is 1160. The molecule has 0 saturated carbocycles. The van der Waals surface area contributed by atoms with Gasteiger partial charge in [-0.15, -0.1) is 19.4 Å². The Hall–Kier alpha value is -3.05. The Balaban J connectivity index is 0.000000948. The van der Waals surface area contributed by atoms with E-state index in [4.69, 9.17) is 5.11 Å². The van der Waals surface area contributed by atoms with Crippen LogP contribution in [-0.2, 0) is 0 Å². The van der Waals surface area contributed by atoms with Crippen LogP contribution in [0.3, 0.4) is 0 Å². The van der Waals surface area contributed by atoms with Crippen LogP contribution >= 0.6 is 9.24 Å². The van der Waals surface area contributed by atoms with Gasteiger partial charge in [0.05, 0.1) is 16.8 Å². The predicted octanol–water partition coefficient (Wildman–Crippen LogP) is 2.49. The molecule has 2 aromatic heterocycles. The van der Waals surface area contributed by atoms with Crippen molar-refractivity contribution in [1.29, 1.82) is 0 Å². The van der Waals surface area contributed by atoms with Crippen molar-refractivity contribution in [2.75, 3.05) is 0 Å². The fourth-order valence-corrected chi connectivity index (χ4v) is 2.94. The fraction of sp³-hybridized carbons (Fsp3) is 0.111. The summed E-state index contributed by atoms with van der Waals surface area (Å²) in [6, 6.07) is 11.7. The number of hydrogen-bond donors (Lipinski definition) is 2. The second-order valence-corrected chi connectivity index (χ2v) is 5.89. The van der Waals surface area contributed by atoms with Crippen LogP contribution < -0.4 is 10.9 Å². The molecule has 2 N–H and O–H groups in total. The van der Waals surface area contributed by atoms with Crippen LogP contribution in [0.2, 0.25) is 0 Å². The lowest BCUT2D eigenvalue weighted by molar-refractivity contribution is 0.0697. The standard InChI is InChI=1S/C16H11N4O3P.C2H6/c21-15-14-13(10-2-1-3-11(24)12(10)17-18-14)19-20(15)9-6-4-8(5-7-9)16(22)23;1-2/h1-7,19H,24H2,(H,22,23);1-2H3. The van der Waals surface area contributed by atoms with Crippen LogP contribution in [0.15, 0.2) is 47.3 Å². The smallest absolute Gasteiger partial charge is 0.335 e. The molecule has 0 saturated heterocycles. The van der Waals surface area contributed by atoms with Crippen LogP contribution in [-0.4, -0.2) is 31.1 Å². The van der Waals surface area contributed by atoms with Gasteiger partial charge in [0.2, 0.25) is 0 Å². The first-order valence-corrected chi connectivity index (χ1v) is 8.63. The van der Waals surface area contributed by atoms with E-state index in [1.807, 2.05) is 32.0 Å². The minimum absolute atomic E-state index is 0.154. The number of hydrogen-bond acceptors (Lipinski definition) is 4. The number of carboxylic acid groups (broad SMARTS) is 1. The molecule has 26 heavy (non-hydrogen) atoms. The number of carbonyl (C=O) groups is 1. The van der Waals surface area contributed by atoms with Crippen molar-refractivity contribution < 1.29 is 9.90 Å². The Morgan fingerprint density at radius 3 is 2.38 bits per heavy atom. The second kappa shape index (κ2) is 7.06. The van der Waals surface area contributed by atoms with Crippen molar-refractivity contribution in [2.45, 2.75) is 13.8 Å². The topological polar surface area (TPSA) is 101 Å². The molecule has 0 aliphatic rings. The highest BCUT2D eigenvalue weighted by atomic mass is 31.0. The minimum Gasteiger partial charge on any atom is -0.478 e. The van der Waals surface area contributed by atoms with Gasteiger partial charge in [0.1, 0.15) is 5.52 Å². The number of aromatic amines is 1. The molecule has 132 valence electrons. The van der Waals surface area contributed by atoms with Gasteiger partial charge in [-0.1, -0.05) is 32.0 Å². The number of nitrogens with zero attached hydrogens (tertiary/aromatic N) is 3. The molecule has 2 aromatic carbocycles. The lowest BCUT2D eigenvalue weighted by atomic mass is 10.2. The summed E-state index contributed by atoms with van der Waals surface area (Å²) in [6.45, 7) is 4.00. The quantitative estimate of drug-likeness (QED) is 0.530. The highest BCUT2D eigenvalue weighted by molar-refractivity contribution is 7.28. The molecule has 0 spiro atoms. The Morgan fingerprint density at radius 2 is 1.73 bits per heavy atom. The molecule has 0 radical (unpaired) electrons. The molecule has 0 bridgehead atoms. The number of aromatic nitrogens is 4. The van der Waals surface area contributed by atoms with Gasteiger partial charge in [-0.25, -0.2) is 9.48 Å². The van der Waals surface area contributed by atoms with E-state index >= 15 is 0 Å². The van der Waals surface area contributed by atoms with Crippen LogP contribution in [0.1, 0.15) is 24.2 Å². The lowest BCUT2D eigenvalue weighted by Crippen LogP contribution is -2.15. The summed E-state index contributed by atoms with van der Waals surface area (Å²) < 4.78 is 1.33. The van der Waals surface area contributed by atoms with Gasteiger partial charge in [-0.2, -0.15) is 0 Å². The number of H-pyrrole nitrogens is 1. The zero-order valence-corrected chi connectivity index (χ0v) is 15.4. The second-order valence-electron chi connectivity index (χ2n) is 5.27. The van der Waals surface area contributed by atoms with E-state index in [-0.39, 0.29) is 16.6 Å². The maximum atomic E-state index is 12.6. The molecule has 7 nitrogen and oxygen atoms in total. The Morgan fingerprint density at radius 1 is 1.08 bits per heavy atom. The first-order chi connectivity index (χ1) is 12.6. The average molecular weight is 368 g/mol. The monoisotopic (exact) mass is 368 g/mol. The van der Waals surface area contributed by atoms with Gasteiger partial charge >= 0.3 is 5.97 Å².